The van der Waals surface area contributed by atoms with Crippen molar-refractivity contribution >= 4 is 21.8 Å². The van der Waals surface area contributed by atoms with Crippen molar-refractivity contribution in [3.05, 3.63) is 35.2 Å². The van der Waals surface area contributed by atoms with Crippen molar-refractivity contribution in [2.75, 3.05) is 6.54 Å². The molecule has 4 heteroatoms. The van der Waals surface area contributed by atoms with Crippen molar-refractivity contribution in [2.24, 2.45) is 0 Å². The second-order valence-electron chi connectivity index (χ2n) is 3.59. The van der Waals surface area contributed by atoms with E-state index in [1.54, 1.807) is 12.1 Å². The third-order valence-electron chi connectivity index (χ3n) is 2.42. The van der Waals surface area contributed by atoms with E-state index < -0.39 is 0 Å². The van der Waals surface area contributed by atoms with Crippen LogP contribution < -0.4 is 0 Å². The van der Waals surface area contributed by atoms with E-state index in [0.29, 0.717) is 22.8 Å². The van der Waals surface area contributed by atoms with E-state index in [2.05, 4.69) is 22.5 Å². The summed E-state index contributed by atoms with van der Waals surface area (Å²) in [6.07, 6.45) is 5.45. The highest BCUT2D eigenvalue weighted by Gasteiger charge is 2.33. The van der Waals surface area contributed by atoms with Gasteiger partial charge in [-0.3, -0.25) is 4.79 Å². The molecule has 0 atom stereocenters. The van der Waals surface area contributed by atoms with Crippen molar-refractivity contribution in [3.63, 3.8) is 0 Å². The van der Waals surface area contributed by atoms with Crippen LogP contribution in [0.2, 0.25) is 0 Å². The molecule has 1 fully saturated rings. The van der Waals surface area contributed by atoms with Gasteiger partial charge in [0, 0.05) is 12.6 Å². The molecule has 0 aromatic carbocycles. The fourth-order valence-electron chi connectivity index (χ4n) is 1.52. The van der Waals surface area contributed by atoms with Crippen molar-refractivity contribution in [3.8, 4) is 0 Å². The Hall–Kier alpha value is -1.03. The minimum Gasteiger partial charge on any atom is -0.457 e. The fourth-order valence-corrected chi connectivity index (χ4v) is 1.93. The maximum Gasteiger partial charge on any atom is 0.258 e. The number of hydrogen-bond acceptors (Lipinski definition) is 2. The number of hydrogen-bond donors (Lipinski definition) is 0. The number of furan rings is 1. The first-order valence-electron chi connectivity index (χ1n) is 4.89. The lowest BCUT2D eigenvalue weighted by atomic mass is 10.3. The highest BCUT2D eigenvalue weighted by Crippen LogP contribution is 2.29. The van der Waals surface area contributed by atoms with E-state index in [1.165, 1.54) is 6.26 Å². The SMILES string of the molecule is C=CCN(C(=O)c1ccoc1Br)C1CC1. The average Bonchev–Trinajstić information content (AvgIpc) is 2.97. The summed E-state index contributed by atoms with van der Waals surface area (Å²) in [5, 5.41) is 0. The summed E-state index contributed by atoms with van der Waals surface area (Å²) in [5.74, 6) is 0.0121. The molecule has 0 radical (unpaired) electrons. The highest BCUT2D eigenvalue weighted by atomic mass is 79.9. The summed E-state index contributed by atoms with van der Waals surface area (Å²) in [6, 6.07) is 2.07. The first-order chi connectivity index (χ1) is 7.24. The van der Waals surface area contributed by atoms with E-state index in [1.807, 2.05) is 4.90 Å². The van der Waals surface area contributed by atoms with Crippen molar-refractivity contribution in [2.45, 2.75) is 18.9 Å². The Balaban J connectivity index is 2.17. The van der Waals surface area contributed by atoms with Crippen LogP contribution in [0.15, 0.2) is 34.1 Å². The van der Waals surface area contributed by atoms with Crippen LogP contribution in [0.3, 0.4) is 0 Å². The van der Waals surface area contributed by atoms with Crippen LogP contribution in [0.1, 0.15) is 23.2 Å². The second kappa shape index (κ2) is 4.23. The van der Waals surface area contributed by atoms with E-state index in [9.17, 15) is 4.79 Å². The van der Waals surface area contributed by atoms with Gasteiger partial charge in [-0.25, -0.2) is 0 Å². The highest BCUT2D eigenvalue weighted by molar-refractivity contribution is 9.10. The lowest BCUT2D eigenvalue weighted by Crippen LogP contribution is -2.33. The molecule has 1 aromatic rings. The average molecular weight is 270 g/mol. The first kappa shape index (κ1) is 10.5. The van der Waals surface area contributed by atoms with Gasteiger partial charge in [0.25, 0.3) is 5.91 Å². The van der Waals surface area contributed by atoms with E-state index in [0.717, 1.165) is 12.8 Å². The maximum absolute atomic E-state index is 12.1. The normalized spacial score (nSPS) is 15.0. The number of carbonyl (C=O) groups is 1. The predicted octanol–water partition coefficient (Wildman–Crippen LogP) is 2.83. The van der Waals surface area contributed by atoms with Crippen molar-refractivity contribution < 1.29 is 9.21 Å². The van der Waals surface area contributed by atoms with Gasteiger partial charge in [0.1, 0.15) is 0 Å². The zero-order valence-corrected chi connectivity index (χ0v) is 9.87. The van der Waals surface area contributed by atoms with Crippen LogP contribution in [-0.4, -0.2) is 23.4 Å². The Kier molecular flexibility index (Phi) is 2.95. The smallest absolute Gasteiger partial charge is 0.258 e. The third-order valence-corrected chi connectivity index (χ3v) is 3.04. The molecule has 0 bridgehead atoms. The van der Waals surface area contributed by atoms with Gasteiger partial charge in [-0.2, -0.15) is 0 Å². The Morgan fingerprint density at radius 1 is 1.73 bits per heavy atom. The van der Waals surface area contributed by atoms with Crippen molar-refractivity contribution in [1.29, 1.82) is 0 Å². The van der Waals surface area contributed by atoms with Gasteiger partial charge >= 0.3 is 0 Å². The molecule has 3 nitrogen and oxygen atoms in total. The molecule has 0 saturated heterocycles. The lowest BCUT2D eigenvalue weighted by Gasteiger charge is -2.19. The summed E-state index contributed by atoms with van der Waals surface area (Å²) in [6.45, 7) is 4.27. The number of nitrogens with zero attached hydrogens (tertiary/aromatic N) is 1. The zero-order valence-electron chi connectivity index (χ0n) is 8.28. The molecule has 80 valence electrons. The predicted molar refractivity (Wildman–Crippen MR) is 60.7 cm³/mol. The van der Waals surface area contributed by atoms with Crippen LogP contribution in [0.4, 0.5) is 0 Å². The number of rotatable bonds is 4. The van der Waals surface area contributed by atoms with E-state index >= 15 is 0 Å². The van der Waals surface area contributed by atoms with Crippen LogP contribution in [-0.2, 0) is 0 Å². The molecular weight excluding hydrogens is 258 g/mol. The topological polar surface area (TPSA) is 33.5 Å². The van der Waals surface area contributed by atoms with Gasteiger partial charge in [0.15, 0.2) is 4.67 Å². The number of carbonyl (C=O) groups excluding carboxylic acids is 1. The third kappa shape index (κ3) is 2.15. The Morgan fingerprint density at radius 3 is 2.93 bits per heavy atom. The van der Waals surface area contributed by atoms with Crippen molar-refractivity contribution in [1.82, 2.24) is 4.90 Å². The molecule has 1 amide bonds. The summed E-state index contributed by atoms with van der Waals surface area (Å²) in [7, 11) is 0. The van der Waals surface area contributed by atoms with Crippen LogP contribution >= 0.6 is 15.9 Å². The summed E-state index contributed by atoms with van der Waals surface area (Å²) >= 11 is 3.22. The minimum atomic E-state index is 0.0121. The molecule has 0 spiro atoms. The van der Waals surface area contributed by atoms with Gasteiger partial charge in [0.05, 0.1) is 11.8 Å². The van der Waals surface area contributed by atoms with E-state index in [-0.39, 0.29) is 5.91 Å². The van der Waals surface area contributed by atoms with Crippen LogP contribution in [0, 0.1) is 0 Å². The first-order valence-corrected chi connectivity index (χ1v) is 5.68. The molecule has 1 aliphatic carbocycles. The largest absolute Gasteiger partial charge is 0.457 e. The number of amides is 1. The summed E-state index contributed by atoms with van der Waals surface area (Å²) < 4.78 is 5.56. The fraction of sp³-hybridized carbons (Fsp3) is 0.364. The Morgan fingerprint density at radius 2 is 2.47 bits per heavy atom. The van der Waals surface area contributed by atoms with Gasteiger partial charge in [-0.1, -0.05) is 6.08 Å². The monoisotopic (exact) mass is 269 g/mol. The molecule has 1 aliphatic rings. The molecule has 1 saturated carbocycles. The molecular formula is C11H12BrNO2. The minimum absolute atomic E-state index is 0.0121. The maximum atomic E-state index is 12.1. The molecule has 0 unspecified atom stereocenters. The van der Waals surface area contributed by atoms with Gasteiger partial charge < -0.3 is 9.32 Å². The summed E-state index contributed by atoms with van der Waals surface area (Å²) in [5.41, 5.74) is 0.587. The lowest BCUT2D eigenvalue weighted by molar-refractivity contribution is 0.0760. The Labute approximate surface area is 96.9 Å². The molecule has 1 aromatic heterocycles. The van der Waals surface area contributed by atoms with Gasteiger partial charge in [-0.05, 0) is 34.8 Å². The van der Waals surface area contributed by atoms with Gasteiger partial charge in [-0.15, -0.1) is 6.58 Å². The second-order valence-corrected chi connectivity index (χ2v) is 4.31. The molecule has 15 heavy (non-hydrogen) atoms. The van der Waals surface area contributed by atoms with Crippen LogP contribution in [0.5, 0.6) is 0 Å². The Bertz CT molecular complexity index is 382. The number of halogens is 1. The van der Waals surface area contributed by atoms with Crippen LogP contribution in [0.25, 0.3) is 0 Å². The summed E-state index contributed by atoms with van der Waals surface area (Å²) in [4.78, 5) is 13.9. The molecule has 0 N–H and O–H groups in total. The van der Waals surface area contributed by atoms with E-state index in [4.69, 9.17) is 4.42 Å². The quantitative estimate of drug-likeness (QED) is 0.788. The van der Waals surface area contributed by atoms with Gasteiger partial charge in [0.2, 0.25) is 0 Å². The standard InChI is InChI=1S/C11H12BrNO2/c1-2-6-13(8-3-4-8)11(14)9-5-7-15-10(9)12/h2,5,7-8H,1,3-4,6H2. The molecule has 2 rings (SSSR count). The molecule has 0 aliphatic heterocycles. The molecule has 1 heterocycles. The zero-order chi connectivity index (χ0) is 10.8.